The molecular weight excluding hydrogens is 202 g/mol. The number of benzene rings is 1. The molecule has 0 aliphatic rings. The fourth-order valence-corrected chi connectivity index (χ4v) is 1.63. The van der Waals surface area contributed by atoms with Crippen LogP contribution in [-0.4, -0.2) is 10.9 Å². The van der Waals surface area contributed by atoms with Crippen molar-refractivity contribution in [3.05, 3.63) is 34.3 Å². The molecule has 0 unspecified atom stereocenters. The van der Waals surface area contributed by atoms with Crippen molar-refractivity contribution in [2.45, 2.75) is 12.8 Å². The van der Waals surface area contributed by atoms with Crippen molar-refractivity contribution in [1.82, 2.24) is 4.98 Å². The van der Waals surface area contributed by atoms with E-state index in [1.54, 1.807) is 6.07 Å². The summed E-state index contributed by atoms with van der Waals surface area (Å²) in [6, 6.07) is 5.63. The van der Waals surface area contributed by atoms with Gasteiger partial charge < -0.3 is 4.42 Å². The molecular formula is C10H10ClNO2. The van der Waals surface area contributed by atoms with Gasteiger partial charge in [0, 0.05) is 5.88 Å². The Morgan fingerprint density at radius 2 is 2.29 bits per heavy atom. The van der Waals surface area contributed by atoms with Crippen molar-refractivity contribution < 1.29 is 4.42 Å². The van der Waals surface area contributed by atoms with Gasteiger partial charge in [-0.05, 0) is 24.5 Å². The van der Waals surface area contributed by atoms with Crippen LogP contribution < -0.4 is 5.76 Å². The Kier molecular flexibility index (Phi) is 2.59. The summed E-state index contributed by atoms with van der Waals surface area (Å²) in [4.78, 5) is 13.6. The Morgan fingerprint density at radius 3 is 3.07 bits per heavy atom. The normalized spacial score (nSPS) is 10.9. The molecule has 0 fully saturated rings. The maximum atomic E-state index is 11.0. The zero-order chi connectivity index (χ0) is 9.97. The minimum atomic E-state index is -0.404. The molecule has 1 N–H and O–H groups in total. The highest BCUT2D eigenvalue weighted by atomic mass is 35.5. The van der Waals surface area contributed by atoms with Gasteiger partial charge in [-0.2, -0.15) is 0 Å². The molecule has 1 aromatic carbocycles. The first-order valence-electron chi connectivity index (χ1n) is 4.48. The molecule has 0 bridgehead atoms. The summed E-state index contributed by atoms with van der Waals surface area (Å²) in [5.41, 5.74) is 2.48. The molecule has 2 rings (SSSR count). The summed E-state index contributed by atoms with van der Waals surface area (Å²) in [7, 11) is 0. The number of hydrogen-bond acceptors (Lipinski definition) is 2. The summed E-state index contributed by atoms with van der Waals surface area (Å²) < 4.78 is 4.94. The first-order valence-corrected chi connectivity index (χ1v) is 5.01. The molecule has 3 nitrogen and oxygen atoms in total. The maximum absolute atomic E-state index is 11.0. The molecule has 0 amide bonds. The van der Waals surface area contributed by atoms with Gasteiger partial charge in [-0.25, -0.2) is 4.79 Å². The predicted octanol–water partition coefficient (Wildman–Crippen LogP) is 2.29. The molecule has 1 heterocycles. The van der Waals surface area contributed by atoms with Crippen LogP contribution in [0.2, 0.25) is 0 Å². The molecule has 0 spiro atoms. The SMILES string of the molecule is O=c1[nH]c2c(CCCCl)cccc2o1. The van der Waals surface area contributed by atoms with Gasteiger partial charge in [0.2, 0.25) is 0 Å². The second-order valence-corrected chi connectivity index (χ2v) is 3.48. The second kappa shape index (κ2) is 3.88. The van der Waals surface area contributed by atoms with E-state index in [0.717, 1.165) is 23.9 Å². The number of oxazole rings is 1. The number of nitrogens with one attached hydrogen (secondary N) is 1. The number of aromatic nitrogens is 1. The largest absolute Gasteiger partial charge is 0.417 e. The van der Waals surface area contributed by atoms with Crippen LogP contribution in [0.5, 0.6) is 0 Å². The van der Waals surface area contributed by atoms with Crippen molar-refractivity contribution >= 4 is 22.7 Å². The molecule has 0 aliphatic carbocycles. The number of aromatic amines is 1. The van der Waals surface area contributed by atoms with Gasteiger partial charge in [-0.1, -0.05) is 12.1 Å². The lowest BCUT2D eigenvalue weighted by molar-refractivity contribution is 0.555. The van der Waals surface area contributed by atoms with Crippen molar-refractivity contribution in [1.29, 1.82) is 0 Å². The third-order valence-electron chi connectivity index (χ3n) is 2.12. The van der Waals surface area contributed by atoms with Gasteiger partial charge >= 0.3 is 5.76 Å². The van der Waals surface area contributed by atoms with Crippen LogP contribution in [0.1, 0.15) is 12.0 Å². The third kappa shape index (κ3) is 1.68. The van der Waals surface area contributed by atoms with E-state index in [9.17, 15) is 4.79 Å². The minimum Gasteiger partial charge on any atom is -0.408 e. The maximum Gasteiger partial charge on any atom is 0.417 e. The average Bonchev–Trinajstić information content (AvgIpc) is 2.55. The first-order chi connectivity index (χ1) is 6.81. The minimum absolute atomic E-state index is 0.404. The highest BCUT2D eigenvalue weighted by Crippen LogP contribution is 2.16. The summed E-state index contributed by atoms with van der Waals surface area (Å²) in [5.74, 6) is 0.219. The van der Waals surface area contributed by atoms with Crippen LogP contribution >= 0.6 is 11.6 Å². The first kappa shape index (κ1) is 9.34. The number of para-hydroxylation sites is 1. The van der Waals surface area contributed by atoms with E-state index >= 15 is 0 Å². The van der Waals surface area contributed by atoms with E-state index in [-0.39, 0.29) is 0 Å². The van der Waals surface area contributed by atoms with Crippen LogP contribution in [0.25, 0.3) is 11.1 Å². The van der Waals surface area contributed by atoms with Crippen molar-refractivity contribution in [3.8, 4) is 0 Å². The van der Waals surface area contributed by atoms with Crippen LogP contribution in [0.4, 0.5) is 0 Å². The number of rotatable bonds is 3. The summed E-state index contributed by atoms with van der Waals surface area (Å²) >= 11 is 5.61. The fraction of sp³-hybridized carbons (Fsp3) is 0.300. The van der Waals surface area contributed by atoms with Gasteiger partial charge in [-0.15, -0.1) is 11.6 Å². The smallest absolute Gasteiger partial charge is 0.408 e. The third-order valence-corrected chi connectivity index (χ3v) is 2.39. The van der Waals surface area contributed by atoms with Crippen LogP contribution in [0, 0.1) is 0 Å². The van der Waals surface area contributed by atoms with Crippen LogP contribution in [0.15, 0.2) is 27.4 Å². The number of fused-ring (bicyclic) bond motifs is 1. The lowest BCUT2D eigenvalue weighted by Crippen LogP contribution is -1.95. The Labute approximate surface area is 85.7 Å². The highest BCUT2D eigenvalue weighted by Gasteiger charge is 2.04. The topological polar surface area (TPSA) is 46.0 Å². The molecule has 1 aromatic heterocycles. The van der Waals surface area contributed by atoms with E-state index in [2.05, 4.69) is 4.98 Å². The Hall–Kier alpha value is -1.22. The molecule has 0 atom stereocenters. The number of alkyl halides is 1. The van der Waals surface area contributed by atoms with E-state index in [0.29, 0.717) is 11.5 Å². The Bertz CT molecular complexity index is 486. The van der Waals surface area contributed by atoms with E-state index < -0.39 is 5.76 Å². The van der Waals surface area contributed by atoms with Crippen LogP contribution in [-0.2, 0) is 6.42 Å². The molecule has 0 saturated carbocycles. The number of aryl methyl sites for hydroxylation is 1. The van der Waals surface area contributed by atoms with Gasteiger partial charge in [-0.3, -0.25) is 4.98 Å². The molecule has 4 heteroatoms. The number of H-pyrrole nitrogens is 1. The quantitative estimate of drug-likeness (QED) is 0.792. The molecule has 0 saturated heterocycles. The summed E-state index contributed by atoms with van der Waals surface area (Å²) in [6.07, 6.45) is 1.75. The highest BCUT2D eigenvalue weighted by molar-refractivity contribution is 6.17. The molecule has 0 radical (unpaired) electrons. The van der Waals surface area contributed by atoms with Crippen molar-refractivity contribution in [3.63, 3.8) is 0 Å². The Balaban J connectivity index is 2.47. The van der Waals surface area contributed by atoms with Gasteiger partial charge in [0.25, 0.3) is 0 Å². The molecule has 74 valence electrons. The number of halogens is 1. The predicted molar refractivity (Wildman–Crippen MR) is 55.9 cm³/mol. The van der Waals surface area contributed by atoms with E-state index in [1.165, 1.54) is 0 Å². The van der Waals surface area contributed by atoms with E-state index in [4.69, 9.17) is 16.0 Å². The van der Waals surface area contributed by atoms with E-state index in [1.807, 2.05) is 12.1 Å². The molecule has 0 aliphatic heterocycles. The average molecular weight is 212 g/mol. The Morgan fingerprint density at radius 1 is 1.43 bits per heavy atom. The zero-order valence-electron chi connectivity index (χ0n) is 7.55. The van der Waals surface area contributed by atoms with Gasteiger partial charge in [0.15, 0.2) is 5.58 Å². The van der Waals surface area contributed by atoms with Gasteiger partial charge in [0.1, 0.15) is 0 Å². The monoisotopic (exact) mass is 211 g/mol. The second-order valence-electron chi connectivity index (χ2n) is 3.10. The zero-order valence-corrected chi connectivity index (χ0v) is 8.30. The number of hydrogen-bond donors (Lipinski definition) is 1. The summed E-state index contributed by atoms with van der Waals surface area (Å²) in [5, 5.41) is 0. The fourth-order valence-electron chi connectivity index (χ4n) is 1.50. The standard InChI is InChI=1S/C10H10ClNO2/c11-6-2-4-7-3-1-5-8-9(7)12-10(13)14-8/h1,3,5H,2,4,6H2,(H,12,13). The lowest BCUT2D eigenvalue weighted by Gasteiger charge is -1.98. The lowest BCUT2D eigenvalue weighted by atomic mass is 10.1. The van der Waals surface area contributed by atoms with Gasteiger partial charge in [0.05, 0.1) is 5.52 Å². The van der Waals surface area contributed by atoms with Crippen molar-refractivity contribution in [2.24, 2.45) is 0 Å². The molecule has 2 aromatic rings. The molecule has 14 heavy (non-hydrogen) atoms. The van der Waals surface area contributed by atoms with Crippen molar-refractivity contribution in [2.75, 3.05) is 5.88 Å². The van der Waals surface area contributed by atoms with Crippen LogP contribution in [0.3, 0.4) is 0 Å². The summed E-state index contributed by atoms with van der Waals surface area (Å²) in [6.45, 7) is 0.